The highest BCUT2D eigenvalue weighted by Gasteiger charge is 2.10. The van der Waals surface area contributed by atoms with Crippen LogP contribution >= 0.6 is 0 Å². The predicted molar refractivity (Wildman–Crippen MR) is 110 cm³/mol. The molecule has 0 aliphatic rings. The van der Waals surface area contributed by atoms with E-state index in [1.165, 1.54) is 12.5 Å². The third-order valence-electron chi connectivity index (χ3n) is 4.42. The minimum absolute atomic E-state index is 0.101. The minimum Gasteiger partial charge on any atom is -0.471 e. The van der Waals surface area contributed by atoms with E-state index in [2.05, 4.69) is 30.2 Å². The van der Waals surface area contributed by atoms with Gasteiger partial charge in [0.1, 0.15) is 12.1 Å². The van der Waals surface area contributed by atoms with Gasteiger partial charge in [-0.25, -0.2) is 4.98 Å². The fraction of sp³-hybridized carbons (Fsp3) is 0.150. The molecule has 0 aliphatic carbocycles. The molecule has 0 unspecified atom stereocenters. The zero-order valence-electron chi connectivity index (χ0n) is 16.0. The van der Waals surface area contributed by atoms with Crippen LogP contribution in [0.25, 0.3) is 11.2 Å². The number of nitrogen functional groups attached to an aromatic ring is 1. The molecule has 0 radical (unpaired) electrons. The van der Waals surface area contributed by atoms with Gasteiger partial charge in [-0.05, 0) is 23.3 Å². The number of rotatable bonds is 7. The van der Waals surface area contributed by atoms with Gasteiger partial charge in [0.25, 0.3) is 5.91 Å². The quantitative estimate of drug-likeness (QED) is 0.359. The maximum absolute atomic E-state index is 12.2. The number of anilines is 1. The number of imidazole rings is 1. The topological polar surface area (TPSA) is 158 Å². The number of hydrogen-bond donors (Lipinski definition) is 4. The fourth-order valence-corrected chi connectivity index (χ4v) is 2.80. The number of aromatic nitrogens is 5. The summed E-state index contributed by atoms with van der Waals surface area (Å²) in [6.07, 6.45) is 3.03. The van der Waals surface area contributed by atoms with Crippen LogP contribution in [0.15, 0.2) is 48.9 Å². The number of nitrogens with zero attached hydrogens (tertiary/aromatic N) is 4. The molecule has 10 heteroatoms. The Bertz CT molecular complexity index is 1160. The van der Waals surface area contributed by atoms with Crippen molar-refractivity contribution in [3.05, 3.63) is 71.3 Å². The molecule has 0 saturated heterocycles. The van der Waals surface area contributed by atoms with Gasteiger partial charge in [0, 0.05) is 19.3 Å². The van der Waals surface area contributed by atoms with Gasteiger partial charge in [0.2, 0.25) is 11.8 Å². The second kappa shape index (κ2) is 8.53. The molecule has 10 nitrogen and oxygen atoms in total. The van der Waals surface area contributed by atoms with E-state index in [9.17, 15) is 4.79 Å². The normalized spacial score (nSPS) is 10.8. The van der Waals surface area contributed by atoms with Gasteiger partial charge in [0.05, 0.1) is 17.6 Å². The number of carbonyl (C=O) groups excluding carboxylic acids is 1. The predicted octanol–water partition coefficient (Wildman–Crippen LogP) is 1.30. The second-order valence-corrected chi connectivity index (χ2v) is 6.52. The van der Waals surface area contributed by atoms with Crippen LogP contribution in [-0.2, 0) is 19.7 Å². The first-order valence-corrected chi connectivity index (χ1v) is 9.23. The molecular formula is C20H20N8O2. The van der Waals surface area contributed by atoms with Gasteiger partial charge in [-0.3, -0.25) is 9.78 Å². The van der Waals surface area contributed by atoms with Crippen LogP contribution in [0.3, 0.4) is 0 Å². The fourth-order valence-electron chi connectivity index (χ4n) is 2.80. The van der Waals surface area contributed by atoms with Crippen LogP contribution in [0.1, 0.15) is 27.2 Å². The van der Waals surface area contributed by atoms with Crippen molar-refractivity contribution >= 4 is 23.0 Å². The summed E-state index contributed by atoms with van der Waals surface area (Å²) in [6.45, 7) is 1.04. The van der Waals surface area contributed by atoms with Crippen LogP contribution in [0.4, 0.5) is 5.95 Å². The Morgan fingerprint density at radius 3 is 2.60 bits per heavy atom. The van der Waals surface area contributed by atoms with E-state index in [4.69, 9.17) is 16.2 Å². The van der Waals surface area contributed by atoms with Crippen molar-refractivity contribution in [2.24, 2.45) is 5.73 Å². The number of hydrogen-bond acceptors (Lipinski definition) is 8. The Morgan fingerprint density at radius 2 is 1.87 bits per heavy atom. The molecule has 3 heterocycles. The molecule has 0 fully saturated rings. The van der Waals surface area contributed by atoms with E-state index < -0.39 is 0 Å². The third-order valence-corrected chi connectivity index (χ3v) is 4.42. The third kappa shape index (κ3) is 4.33. The molecule has 0 saturated carbocycles. The summed E-state index contributed by atoms with van der Waals surface area (Å²) in [5.41, 5.74) is 15.4. The van der Waals surface area contributed by atoms with Crippen molar-refractivity contribution in [2.45, 2.75) is 19.7 Å². The van der Waals surface area contributed by atoms with E-state index in [0.717, 1.165) is 16.8 Å². The number of nitrogens with one attached hydrogen (secondary N) is 2. The molecule has 4 aromatic rings. The summed E-state index contributed by atoms with van der Waals surface area (Å²) in [5, 5.41) is 2.87. The van der Waals surface area contributed by atoms with Crippen LogP contribution in [0.5, 0.6) is 5.88 Å². The zero-order chi connectivity index (χ0) is 20.9. The number of pyridine rings is 1. The lowest BCUT2D eigenvalue weighted by molar-refractivity contribution is 0.0950. The average Bonchev–Trinajstić information content (AvgIpc) is 3.25. The summed E-state index contributed by atoms with van der Waals surface area (Å²) in [5.74, 6) is 0.257. The van der Waals surface area contributed by atoms with Gasteiger partial charge in [-0.15, -0.1) is 0 Å². The minimum atomic E-state index is -0.191. The molecule has 0 bridgehead atoms. The molecule has 0 atom stereocenters. The highest BCUT2D eigenvalue weighted by atomic mass is 16.5. The van der Waals surface area contributed by atoms with Crippen molar-refractivity contribution in [3.8, 4) is 5.88 Å². The zero-order valence-corrected chi connectivity index (χ0v) is 16.0. The van der Waals surface area contributed by atoms with Gasteiger partial charge in [-0.1, -0.05) is 24.3 Å². The number of carbonyl (C=O) groups is 1. The van der Waals surface area contributed by atoms with Crippen molar-refractivity contribution in [2.75, 3.05) is 5.73 Å². The number of amides is 1. The molecule has 3 aromatic heterocycles. The lowest BCUT2D eigenvalue weighted by Crippen LogP contribution is -2.23. The molecule has 4 rings (SSSR count). The molecule has 1 amide bonds. The highest BCUT2D eigenvalue weighted by Crippen LogP contribution is 2.20. The molecule has 152 valence electrons. The van der Waals surface area contributed by atoms with Crippen molar-refractivity contribution in [1.29, 1.82) is 0 Å². The van der Waals surface area contributed by atoms with Crippen LogP contribution in [0.2, 0.25) is 0 Å². The molecular weight excluding hydrogens is 384 g/mol. The van der Waals surface area contributed by atoms with Gasteiger partial charge in [-0.2, -0.15) is 9.97 Å². The average molecular weight is 404 g/mol. The van der Waals surface area contributed by atoms with Crippen molar-refractivity contribution < 1.29 is 9.53 Å². The Kier molecular flexibility index (Phi) is 5.48. The lowest BCUT2D eigenvalue weighted by Gasteiger charge is -2.09. The Labute approximate surface area is 171 Å². The second-order valence-electron chi connectivity index (χ2n) is 6.52. The molecule has 30 heavy (non-hydrogen) atoms. The van der Waals surface area contributed by atoms with Crippen LogP contribution < -0.4 is 21.5 Å². The van der Waals surface area contributed by atoms with E-state index in [-0.39, 0.29) is 11.9 Å². The summed E-state index contributed by atoms with van der Waals surface area (Å²) >= 11 is 0. The number of ether oxygens (including phenoxy) is 1. The number of fused-ring (bicyclic) bond motifs is 1. The largest absolute Gasteiger partial charge is 0.471 e. The number of aromatic amines is 1. The Balaban J connectivity index is 1.33. The van der Waals surface area contributed by atoms with Crippen LogP contribution in [-0.4, -0.2) is 30.8 Å². The van der Waals surface area contributed by atoms with E-state index in [0.29, 0.717) is 42.3 Å². The maximum Gasteiger partial charge on any atom is 0.253 e. The molecule has 0 aliphatic heterocycles. The first kappa shape index (κ1) is 19.3. The van der Waals surface area contributed by atoms with E-state index in [1.807, 2.05) is 24.3 Å². The van der Waals surface area contributed by atoms with Crippen LogP contribution in [0, 0.1) is 0 Å². The summed E-state index contributed by atoms with van der Waals surface area (Å²) in [7, 11) is 0. The number of nitrogens with two attached hydrogens (primary N) is 2. The van der Waals surface area contributed by atoms with Gasteiger partial charge >= 0.3 is 0 Å². The monoisotopic (exact) mass is 404 g/mol. The Morgan fingerprint density at radius 1 is 1.07 bits per heavy atom. The first-order chi connectivity index (χ1) is 14.6. The van der Waals surface area contributed by atoms with Gasteiger partial charge in [0.15, 0.2) is 5.65 Å². The SMILES string of the molecule is NCc1ccc(C(=O)NCc2ccc(COc3nc(N)nc4nc[nH]c34)cc2)cn1. The molecule has 1 aromatic carbocycles. The highest BCUT2D eigenvalue weighted by molar-refractivity contribution is 5.93. The standard InChI is InChI=1S/C20H20N8O2/c21-7-15-6-5-14(9-23-15)18(29)24-8-12-1-3-13(4-2-12)10-30-19-16-17(26-11-25-16)27-20(22)28-19/h1-6,9,11H,7-8,10,21H2,(H,24,29)(H3,22,25,26,27,28). The lowest BCUT2D eigenvalue weighted by atomic mass is 10.1. The summed E-state index contributed by atoms with van der Waals surface area (Å²) < 4.78 is 5.77. The van der Waals surface area contributed by atoms with E-state index in [1.54, 1.807) is 12.1 Å². The number of H-pyrrole nitrogens is 1. The number of benzene rings is 1. The smallest absolute Gasteiger partial charge is 0.253 e. The summed E-state index contributed by atoms with van der Waals surface area (Å²) in [4.78, 5) is 31.5. The molecule has 0 spiro atoms. The molecule has 6 N–H and O–H groups in total. The maximum atomic E-state index is 12.2. The van der Waals surface area contributed by atoms with Crippen molar-refractivity contribution in [3.63, 3.8) is 0 Å². The Hall–Kier alpha value is -4.05. The van der Waals surface area contributed by atoms with Gasteiger partial charge < -0.3 is 26.5 Å². The first-order valence-electron chi connectivity index (χ1n) is 9.23. The van der Waals surface area contributed by atoms with E-state index >= 15 is 0 Å². The summed E-state index contributed by atoms with van der Waals surface area (Å²) in [6, 6.07) is 11.2. The van der Waals surface area contributed by atoms with Crippen molar-refractivity contribution in [1.82, 2.24) is 30.2 Å².